The van der Waals surface area contributed by atoms with Crippen molar-refractivity contribution < 1.29 is 14.6 Å². The summed E-state index contributed by atoms with van der Waals surface area (Å²) in [5, 5.41) is 12.6. The van der Waals surface area contributed by atoms with Gasteiger partial charge in [-0.3, -0.25) is 4.79 Å². The molecule has 0 aromatic rings. The van der Waals surface area contributed by atoms with Gasteiger partial charge in [0, 0.05) is 19.6 Å². The van der Waals surface area contributed by atoms with Crippen LogP contribution >= 0.6 is 0 Å². The molecule has 5 nitrogen and oxygen atoms in total. The third-order valence-electron chi connectivity index (χ3n) is 3.16. The number of hydrogen-bond donors (Lipinski definition) is 2. The van der Waals surface area contributed by atoms with E-state index >= 15 is 0 Å². The molecule has 1 unspecified atom stereocenters. The molecular weight excluding hydrogens is 208 g/mol. The minimum absolute atomic E-state index is 0.103. The van der Waals surface area contributed by atoms with Crippen molar-refractivity contribution in [3.63, 3.8) is 0 Å². The smallest absolute Gasteiger partial charge is 0.236 e. The molecule has 2 N–H and O–H groups in total. The molecule has 0 radical (unpaired) electrons. The van der Waals surface area contributed by atoms with E-state index in [1.807, 2.05) is 0 Å². The predicted molar refractivity (Wildman–Crippen MR) is 59.0 cm³/mol. The van der Waals surface area contributed by atoms with Crippen LogP contribution in [0.2, 0.25) is 0 Å². The Balaban J connectivity index is 1.59. The van der Waals surface area contributed by atoms with E-state index < -0.39 is 0 Å². The Morgan fingerprint density at radius 2 is 2.12 bits per heavy atom. The van der Waals surface area contributed by atoms with Crippen molar-refractivity contribution >= 4 is 5.91 Å². The van der Waals surface area contributed by atoms with Crippen molar-refractivity contribution in [1.29, 1.82) is 0 Å². The van der Waals surface area contributed by atoms with E-state index in [0.717, 1.165) is 12.8 Å². The summed E-state index contributed by atoms with van der Waals surface area (Å²) in [7, 11) is 0. The average molecular weight is 228 g/mol. The summed E-state index contributed by atoms with van der Waals surface area (Å²) < 4.78 is 5.18. The Hall–Kier alpha value is -0.650. The summed E-state index contributed by atoms with van der Waals surface area (Å²) in [6, 6.07) is 0. The maximum absolute atomic E-state index is 11.7. The lowest BCUT2D eigenvalue weighted by atomic mass is 10.2. The lowest BCUT2D eigenvalue weighted by Gasteiger charge is -2.27. The second-order valence-electron chi connectivity index (χ2n) is 4.53. The highest BCUT2D eigenvalue weighted by Gasteiger charge is 2.29. The second-order valence-corrected chi connectivity index (χ2v) is 4.53. The molecule has 92 valence electrons. The number of nitrogens with zero attached hydrogens (tertiary/aromatic N) is 1. The number of carbonyl (C=O) groups is 1. The van der Waals surface area contributed by atoms with Crippen LogP contribution in [0.5, 0.6) is 0 Å². The number of carbonyl (C=O) groups excluding carboxylic acids is 1. The molecular formula is C11H20N2O3. The van der Waals surface area contributed by atoms with Crippen molar-refractivity contribution in [2.75, 3.05) is 39.4 Å². The molecule has 1 saturated heterocycles. The maximum Gasteiger partial charge on any atom is 0.236 e. The van der Waals surface area contributed by atoms with Crippen molar-refractivity contribution in [1.82, 2.24) is 10.2 Å². The van der Waals surface area contributed by atoms with Crippen LogP contribution in [0.15, 0.2) is 0 Å². The number of amides is 1. The third-order valence-corrected chi connectivity index (χ3v) is 3.16. The molecule has 0 aromatic heterocycles. The van der Waals surface area contributed by atoms with Gasteiger partial charge in [-0.25, -0.2) is 0 Å². The first-order valence-corrected chi connectivity index (χ1v) is 6.01. The van der Waals surface area contributed by atoms with Gasteiger partial charge in [-0.1, -0.05) is 0 Å². The van der Waals surface area contributed by atoms with Gasteiger partial charge in [0.2, 0.25) is 5.91 Å². The van der Waals surface area contributed by atoms with Crippen LogP contribution < -0.4 is 5.32 Å². The Bertz CT molecular complexity index is 237. The molecule has 0 aromatic carbocycles. The van der Waals surface area contributed by atoms with E-state index in [1.165, 1.54) is 0 Å². The van der Waals surface area contributed by atoms with Crippen LogP contribution in [0.4, 0.5) is 0 Å². The van der Waals surface area contributed by atoms with Crippen LogP contribution in [-0.2, 0) is 9.53 Å². The molecule has 1 aliphatic carbocycles. The standard InChI is InChI=1S/C11H20N2O3/c14-10(9-1-2-9)7-12-8-11(15)13-3-5-16-6-4-13/h9-10,12,14H,1-8H2. The molecule has 1 heterocycles. The molecule has 16 heavy (non-hydrogen) atoms. The van der Waals surface area contributed by atoms with Crippen LogP contribution in [0.3, 0.4) is 0 Å². The highest BCUT2D eigenvalue weighted by molar-refractivity contribution is 5.78. The Labute approximate surface area is 95.8 Å². The minimum Gasteiger partial charge on any atom is -0.392 e. The molecule has 2 aliphatic rings. The number of rotatable bonds is 5. The highest BCUT2D eigenvalue weighted by Crippen LogP contribution is 2.32. The van der Waals surface area contributed by atoms with Gasteiger partial charge in [-0.15, -0.1) is 0 Å². The van der Waals surface area contributed by atoms with Crippen LogP contribution in [-0.4, -0.2) is 61.4 Å². The van der Waals surface area contributed by atoms with E-state index in [2.05, 4.69) is 5.32 Å². The topological polar surface area (TPSA) is 61.8 Å². The fraction of sp³-hybridized carbons (Fsp3) is 0.909. The number of nitrogens with one attached hydrogen (secondary N) is 1. The van der Waals surface area contributed by atoms with E-state index in [4.69, 9.17) is 4.74 Å². The first kappa shape index (κ1) is 11.8. The quantitative estimate of drug-likeness (QED) is 0.647. The zero-order valence-corrected chi connectivity index (χ0v) is 9.52. The normalized spacial score (nSPS) is 23.2. The lowest BCUT2D eigenvalue weighted by Crippen LogP contribution is -2.45. The highest BCUT2D eigenvalue weighted by atomic mass is 16.5. The molecule has 2 fully saturated rings. The molecule has 1 amide bonds. The molecule has 0 spiro atoms. The zero-order chi connectivity index (χ0) is 11.4. The number of aliphatic hydroxyl groups is 1. The SMILES string of the molecule is O=C(CNCC(O)C1CC1)N1CCOCC1. The van der Waals surface area contributed by atoms with Gasteiger partial charge in [0.25, 0.3) is 0 Å². The summed E-state index contributed by atoms with van der Waals surface area (Å²) in [6.45, 7) is 3.49. The fourth-order valence-electron chi connectivity index (χ4n) is 1.90. The summed E-state index contributed by atoms with van der Waals surface area (Å²) in [6.07, 6.45) is 1.97. The van der Waals surface area contributed by atoms with Crippen molar-refractivity contribution in [2.24, 2.45) is 5.92 Å². The molecule has 1 atom stereocenters. The van der Waals surface area contributed by atoms with E-state index in [0.29, 0.717) is 45.3 Å². The van der Waals surface area contributed by atoms with Gasteiger partial charge >= 0.3 is 0 Å². The van der Waals surface area contributed by atoms with Gasteiger partial charge in [0.15, 0.2) is 0 Å². The summed E-state index contributed by atoms with van der Waals surface area (Å²) in [5.41, 5.74) is 0. The molecule has 1 aliphatic heterocycles. The third kappa shape index (κ3) is 3.43. The van der Waals surface area contributed by atoms with Crippen LogP contribution in [0.1, 0.15) is 12.8 Å². The van der Waals surface area contributed by atoms with E-state index in [-0.39, 0.29) is 12.0 Å². The molecule has 1 saturated carbocycles. The van der Waals surface area contributed by atoms with Crippen LogP contribution in [0, 0.1) is 5.92 Å². The van der Waals surface area contributed by atoms with Gasteiger partial charge in [-0.2, -0.15) is 0 Å². The summed E-state index contributed by atoms with van der Waals surface area (Å²) in [4.78, 5) is 13.5. The number of aliphatic hydroxyl groups excluding tert-OH is 1. The largest absolute Gasteiger partial charge is 0.392 e. The summed E-state index contributed by atoms with van der Waals surface area (Å²) >= 11 is 0. The van der Waals surface area contributed by atoms with Crippen LogP contribution in [0.25, 0.3) is 0 Å². The Morgan fingerprint density at radius 3 is 2.75 bits per heavy atom. The van der Waals surface area contributed by atoms with Crippen molar-refractivity contribution in [3.05, 3.63) is 0 Å². The molecule has 2 rings (SSSR count). The fourth-order valence-corrected chi connectivity index (χ4v) is 1.90. The van der Waals surface area contributed by atoms with E-state index in [1.54, 1.807) is 4.90 Å². The maximum atomic E-state index is 11.7. The number of hydrogen-bond acceptors (Lipinski definition) is 4. The van der Waals surface area contributed by atoms with Gasteiger partial charge in [0.05, 0.1) is 25.9 Å². The Morgan fingerprint density at radius 1 is 1.44 bits per heavy atom. The minimum atomic E-state index is -0.280. The van der Waals surface area contributed by atoms with Gasteiger partial charge in [0.1, 0.15) is 0 Å². The van der Waals surface area contributed by atoms with Gasteiger partial charge < -0.3 is 20.1 Å². The molecule has 5 heteroatoms. The lowest BCUT2D eigenvalue weighted by molar-refractivity contribution is -0.134. The molecule has 0 bridgehead atoms. The predicted octanol–water partition coefficient (Wildman–Crippen LogP) is -0.794. The zero-order valence-electron chi connectivity index (χ0n) is 9.52. The summed E-state index contributed by atoms with van der Waals surface area (Å²) in [5.74, 6) is 0.567. The van der Waals surface area contributed by atoms with Gasteiger partial charge in [-0.05, 0) is 18.8 Å². The number of ether oxygens (including phenoxy) is 1. The number of morpholine rings is 1. The Kier molecular flexibility index (Phi) is 4.15. The van der Waals surface area contributed by atoms with E-state index in [9.17, 15) is 9.90 Å². The van der Waals surface area contributed by atoms with Crippen molar-refractivity contribution in [3.8, 4) is 0 Å². The first-order chi connectivity index (χ1) is 7.77. The average Bonchev–Trinajstić information content (AvgIpc) is 3.14. The monoisotopic (exact) mass is 228 g/mol. The second kappa shape index (κ2) is 5.61. The first-order valence-electron chi connectivity index (χ1n) is 6.01. The van der Waals surface area contributed by atoms with Crippen molar-refractivity contribution in [2.45, 2.75) is 18.9 Å².